The molecule has 0 radical (unpaired) electrons. The lowest BCUT2D eigenvalue weighted by Gasteiger charge is -2.25. The Balaban J connectivity index is 1.50. The highest BCUT2D eigenvalue weighted by atomic mass is 16.4. The van der Waals surface area contributed by atoms with Crippen molar-refractivity contribution in [3.63, 3.8) is 0 Å². The molecular formula is C26H20N3O2-. The molecule has 0 atom stereocenters. The third-order valence-corrected chi connectivity index (χ3v) is 4.71. The third kappa shape index (κ3) is 4.97. The summed E-state index contributed by atoms with van der Waals surface area (Å²) in [4.78, 5) is 13.0. The summed E-state index contributed by atoms with van der Waals surface area (Å²) in [5.41, 5.74) is 7.85. The molecule has 31 heavy (non-hydrogen) atoms. The van der Waals surface area contributed by atoms with Gasteiger partial charge in [0.2, 0.25) is 0 Å². The van der Waals surface area contributed by atoms with E-state index in [1.54, 1.807) is 18.3 Å². The van der Waals surface area contributed by atoms with Crippen molar-refractivity contribution >= 4 is 34.9 Å². The molecule has 4 aromatic rings. The Morgan fingerprint density at radius 1 is 0.710 bits per heavy atom. The molecule has 0 fully saturated rings. The van der Waals surface area contributed by atoms with Gasteiger partial charge < -0.3 is 14.8 Å². The lowest BCUT2D eigenvalue weighted by atomic mass is 10.1. The van der Waals surface area contributed by atoms with Crippen molar-refractivity contribution in [3.8, 4) is 0 Å². The number of rotatable bonds is 7. The molecule has 0 unspecified atom stereocenters. The molecule has 0 saturated heterocycles. The summed E-state index contributed by atoms with van der Waals surface area (Å²) in [7, 11) is 0. The Kier molecular flexibility index (Phi) is 6.05. The van der Waals surface area contributed by atoms with Crippen molar-refractivity contribution in [2.75, 3.05) is 10.3 Å². The number of benzene rings is 4. The predicted octanol–water partition coefficient (Wildman–Crippen LogP) is 4.97. The highest BCUT2D eigenvalue weighted by Gasteiger charge is 2.11. The van der Waals surface area contributed by atoms with Gasteiger partial charge in [-0.1, -0.05) is 60.7 Å². The second-order valence-corrected chi connectivity index (χ2v) is 6.83. The quantitative estimate of drug-likeness (QED) is 0.348. The Hall–Kier alpha value is -4.38. The van der Waals surface area contributed by atoms with Gasteiger partial charge >= 0.3 is 0 Å². The molecule has 4 rings (SSSR count). The number of hydrogen-bond acceptors (Lipinski definition) is 5. The van der Waals surface area contributed by atoms with E-state index in [-0.39, 0.29) is 5.56 Å². The van der Waals surface area contributed by atoms with E-state index in [0.29, 0.717) is 5.69 Å². The van der Waals surface area contributed by atoms with Crippen LogP contribution in [-0.2, 0) is 0 Å². The number of aromatic carboxylic acids is 1. The number of nitrogens with one attached hydrogen (secondary N) is 1. The summed E-state index contributed by atoms with van der Waals surface area (Å²) in [5, 5.41) is 15.0. The monoisotopic (exact) mass is 406 g/mol. The van der Waals surface area contributed by atoms with Gasteiger partial charge in [0.25, 0.3) is 0 Å². The maximum Gasteiger partial charge on any atom is 0.0715 e. The van der Waals surface area contributed by atoms with Crippen LogP contribution in [0.4, 0.5) is 22.7 Å². The van der Waals surface area contributed by atoms with Crippen LogP contribution in [0.2, 0.25) is 0 Å². The molecule has 4 aromatic carbocycles. The van der Waals surface area contributed by atoms with Crippen molar-refractivity contribution < 1.29 is 9.90 Å². The van der Waals surface area contributed by atoms with E-state index in [0.717, 1.165) is 22.6 Å². The number of anilines is 4. The first-order chi connectivity index (χ1) is 15.2. The van der Waals surface area contributed by atoms with E-state index in [2.05, 4.69) is 51.8 Å². The molecule has 152 valence electrons. The number of carboxylic acids is 1. The SMILES string of the molecule is O=C([O-])c1ccc(N/N=C\c2ccc(N(c3ccccc3)c3ccccc3)cc2)cc1. The van der Waals surface area contributed by atoms with Crippen molar-refractivity contribution in [3.05, 3.63) is 120 Å². The maximum absolute atomic E-state index is 10.8. The van der Waals surface area contributed by atoms with E-state index in [9.17, 15) is 9.90 Å². The lowest BCUT2D eigenvalue weighted by Crippen LogP contribution is -2.21. The number of para-hydroxylation sites is 2. The average Bonchev–Trinajstić information content (AvgIpc) is 2.82. The van der Waals surface area contributed by atoms with E-state index < -0.39 is 5.97 Å². The highest BCUT2D eigenvalue weighted by Crippen LogP contribution is 2.33. The molecule has 1 N–H and O–H groups in total. The summed E-state index contributed by atoms with van der Waals surface area (Å²) in [5.74, 6) is -1.20. The van der Waals surface area contributed by atoms with Crippen molar-refractivity contribution in [2.24, 2.45) is 5.10 Å². The normalized spacial score (nSPS) is 10.7. The van der Waals surface area contributed by atoms with E-state index in [1.807, 2.05) is 48.5 Å². The third-order valence-electron chi connectivity index (χ3n) is 4.71. The van der Waals surface area contributed by atoms with Gasteiger partial charge in [0.15, 0.2) is 0 Å². The van der Waals surface area contributed by atoms with Gasteiger partial charge in [-0.2, -0.15) is 5.10 Å². The van der Waals surface area contributed by atoms with Crippen LogP contribution in [0.25, 0.3) is 0 Å². The first kappa shape index (κ1) is 19.9. The Morgan fingerprint density at radius 2 is 1.23 bits per heavy atom. The number of carbonyl (C=O) groups excluding carboxylic acids is 1. The van der Waals surface area contributed by atoms with Gasteiger partial charge in [0.05, 0.1) is 17.9 Å². The standard InChI is InChI=1S/C26H21N3O2/c30-26(31)21-13-15-22(16-14-21)28-27-19-20-11-17-25(18-12-20)29(23-7-3-1-4-8-23)24-9-5-2-6-10-24/h1-19,28H,(H,30,31)/p-1/b27-19-. The van der Waals surface area contributed by atoms with E-state index in [1.165, 1.54) is 12.1 Å². The van der Waals surface area contributed by atoms with Gasteiger partial charge in [-0.25, -0.2) is 0 Å². The number of hydrazone groups is 1. The molecule has 5 heteroatoms. The molecule has 5 nitrogen and oxygen atoms in total. The van der Waals surface area contributed by atoms with Crippen molar-refractivity contribution in [1.29, 1.82) is 0 Å². The fraction of sp³-hybridized carbons (Fsp3) is 0. The zero-order valence-electron chi connectivity index (χ0n) is 16.7. The smallest absolute Gasteiger partial charge is 0.0715 e. The molecule has 0 spiro atoms. The van der Waals surface area contributed by atoms with Crippen LogP contribution in [0.5, 0.6) is 0 Å². The molecule has 0 bridgehead atoms. The van der Waals surface area contributed by atoms with Gasteiger partial charge in [0.1, 0.15) is 0 Å². The van der Waals surface area contributed by atoms with Gasteiger partial charge in [0, 0.05) is 17.1 Å². The van der Waals surface area contributed by atoms with Gasteiger partial charge in [-0.05, 0) is 59.7 Å². The Bertz CT molecular complexity index is 1120. The summed E-state index contributed by atoms with van der Waals surface area (Å²) in [6, 6.07) is 34.8. The second-order valence-electron chi connectivity index (χ2n) is 6.83. The fourth-order valence-electron chi connectivity index (χ4n) is 3.17. The van der Waals surface area contributed by atoms with E-state index >= 15 is 0 Å². The first-order valence-electron chi connectivity index (χ1n) is 9.81. The maximum atomic E-state index is 10.8. The molecule has 0 aliphatic heterocycles. The van der Waals surface area contributed by atoms with Gasteiger partial charge in [-0.15, -0.1) is 0 Å². The zero-order chi connectivity index (χ0) is 21.5. The second kappa shape index (κ2) is 9.41. The molecule has 0 amide bonds. The largest absolute Gasteiger partial charge is 0.545 e. The minimum Gasteiger partial charge on any atom is -0.545 e. The van der Waals surface area contributed by atoms with Crippen LogP contribution in [0, 0.1) is 0 Å². The number of carboxylic acid groups (broad SMARTS) is 1. The molecule has 0 aliphatic carbocycles. The van der Waals surface area contributed by atoms with Crippen LogP contribution in [0.3, 0.4) is 0 Å². The Labute approximate surface area is 180 Å². The number of nitrogens with zero attached hydrogens (tertiary/aromatic N) is 2. The van der Waals surface area contributed by atoms with Crippen LogP contribution in [-0.4, -0.2) is 12.2 Å². The topological polar surface area (TPSA) is 67.8 Å². The predicted molar refractivity (Wildman–Crippen MR) is 123 cm³/mol. The van der Waals surface area contributed by atoms with Crippen LogP contribution >= 0.6 is 0 Å². The average molecular weight is 406 g/mol. The van der Waals surface area contributed by atoms with Crippen molar-refractivity contribution in [2.45, 2.75) is 0 Å². The number of hydrogen-bond donors (Lipinski definition) is 1. The highest BCUT2D eigenvalue weighted by molar-refractivity contribution is 5.86. The number of carbonyl (C=O) groups is 1. The lowest BCUT2D eigenvalue weighted by molar-refractivity contribution is -0.255. The summed E-state index contributed by atoms with van der Waals surface area (Å²) >= 11 is 0. The molecule has 0 aromatic heterocycles. The van der Waals surface area contributed by atoms with E-state index in [4.69, 9.17) is 0 Å². The first-order valence-corrected chi connectivity index (χ1v) is 9.81. The zero-order valence-corrected chi connectivity index (χ0v) is 16.7. The van der Waals surface area contributed by atoms with Crippen LogP contribution < -0.4 is 15.4 Å². The summed E-state index contributed by atoms with van der Waals surface area (Å²) in [6.07, 6.45) is 1.71. The minimum atomic E-state index is -1.20. The molecule has 0 heterocycles. The van der Waals surface area contributed by atoms with Crippen LogP contribution in [0.15, 0.2) is 114 Å². The molecule has 0 aliphatic rings. The Morgan fingerprint density at radius 3 is 1.74 bits per heavy atom. The summed E-state index contributed by atoms with van der Waals surface area (Å²) < 4.78 is 0. The molecule has 0 saturated carbocycles. The summed E-state index contributed by atoms with van der Waals surface area (Å²) in [6.45, 7) is 0. The van der Waals surface area contributed by atoms with Gasteiger partial charge in [-0.3, -0.25) is 5.43 Å². The molecular weight excluding hydrogens is 386 g/mol. The van der Waals surface area contributed by atoms with Crippen molar-refractivity contribution in [1.82, 2.24) is 0 Å². The minimum absolute atomic E-state index is 0.131. The van der Waals surface area contributed by atoms with Crippen LogP contribution in [0.1, 0.15) is 15.9 Å². The fourth-order valence-corrected chi connectivity index (χ4v) is 3.17.